The van der Waals surface area contributed by atoms with E-state index in [1.165, 1.54) is 0 Å². The van der Waals surface area contributed by atoms with E-state index in [2.05, 4.69) is 133 Å². The lowest BCUT2D eigenvalue weighted by molar-refractivity contribution is 1.18. The van der Waals surface area contributed by atoms with E-state index in [9.17, 15) is 0 Å². The number of hydrogen-bond donors (Lipinski definition) is 1. The van der Waals surface area contributed by atoms with Gasteiger partial charge in [-0.2, -0.15) is 0 Å². The largest absolute Gasteiger partial charge is 0.398 e. The van der Waals surface area contributed by atoms with Crippen molar-refractivity contribution < 1.29 is 0 Å². The minimum absolute atomic E-state index is 0.674. The Hall–Kier alpha value is -8.28. The summed E-state index contributed by atoms with van der Waals surface area (Å²) in [5.74, 6) is 1.35. The Balaban J connectivity index is 1.14. The van der Waals surface area contributed by atoms with Gasteiger partial charge in [0.2, 0.25) is 0 Å². The molecular weight excluding hydrogens is 743 g/mol. The van der Waals surface area contributed by atoms with E-state index in [0.717, 1.165) is 89.5 Å². The van der Waals surface area contributed by atoms with Crippen molar-refractivity contribution in [3.8, 4) is 101 Å². The molecule has 5 nitrogen and oxygen atoms in total. The van der Waals surface area contributed by atoms with Crippen LogP contribution in [0.2, 0.25) is 0 Å². The van der Waals surface area contributed by atoms with Gasteiger partial charge in [-0.25, -0.2) is 19.9 Å². The highest BCUT2D eigenvalue weighted by molar-refractivity contribution is 5.98. The average Bonchev–Trinajstić information content (AvgIpc) is 3.35. The summed E-state index contributed by atoms with van der Waals surface area (Å²) in [6.07, 6.45) is 0. The Labute approximate surface area is 355 Å². The summed E-state index contributed by atoms with van der Waals surface area (Å²) in [6.45, 7) is 0. The average molecular weight is 782 g/mol. The highest BCUT2D eigenvalue weighted by atomic mass is 14.9. The molecule has 10 rings (SSSR count). The third-order valence-electron chi connectivity index (χ3n) is 10.9. The minimum atomic E-state index is 0.674. The van der Waals surface area contributed by atoms with E-state index in [-0.39, 0.29) is 0 Å². The number of rotatable bonds is 9. The van der Waals surface area contributed by atoms with Crippen LogP contribution >= 0.6 is 0 Å². The molecule has 8 aromatic carbocycles. The second kappa shape index (κ2) is 16.5. The first kappa shape index (κ1) is 37.0. The maximum atomic E-state index is 6.75. The van der Waals surface area contributed by atoms with Gasteiger partial charge in [0, 0.05) is 44.6 Å². The van der Waals surface area contributed by atoms with Crippen LogP contribution in [0.25, 0.3) is 101 Å². The van der Waals surface area contributed by atoms with Crippen LogP contribution in [0.15, 0.2) is 224 Å². The topological polar surface area (TPSA) is 77.6 Å². The van der Waals surface area contributed by atoms with Crippen molar-refractivity contribution in [1.82, 2.24) is 19.9 Å². The lowest BCUT2D eigenvalue weighted by Crippen LogP contribution is -1.97. The van der Waals surface area contributed by atoms with E-state index < -0.39 is 0 Å². The fourth-order valence-corrected chi connectivity index (χ4v) is 7.89. The maximum absolute atomic E-state index is 6.75. The van der Waals surface area contributed by atoms with E-state index in [0.29, 0.717) is 17.3 Å². The predicted octanol–water partition coefficient (Wildman–Crippen LogP) is 13.9. The third kappa shape index (κ3) is 7.72. The summed E-state index contributed by atoms with van der Waals surface area (Å²) in [7, 11) is 0. The standard InChI is InChI=1S/C56H39N5/c57-49-33-14-13-30-47(49)48-32-17-31-46(42-26-15-27-43(34-42)52-36-50(38-18-5-1-6-19-38)58-55(60-52)40-22-9-3-10-23-40)54(48)45-29-16-28-44(35-45)53-37-51(39-20-7-2-8-21-39)59-56(61-53)41-24-11-4-12-25-41/h1-37H,57H2. The first-order chi connectivity index (χ1) is 30.1. The summed E-state index contributed by atoms with van der Waals surface area (Å²) in [4.78, 5) is 20.4. The predicted molar refractivity (Wildman–Crippen MR) is 251 cm³/mol. The molecule has 0 unspecified atom stereocenters. The van der Waals surface area contributed by atoms with Crippen LogP contribution in [0.5, 0.6) is 0 Å². The zero-order valence-corrected chi connectivity index (χ0v) is 33.2. The van der Waals surface area contributed by atoms with Gasteiger partial charge in [-0.3, -0.25) is 0 Å². The van der Waals surface area contributed by atoms with Crippen molar-refractivity contribution in [1.29, 1.82) is 0 Å². The molecule has 0 fully saturated rings. The Morgan fingerprint density at radius 2 is 0.590 bits per heavy atom. The molecule has 0 bridgehead atoms. The number of benzene rings is 8. The second-order valence-corrected chi connectivity index (χ2v) is 14.9. The van der Waals surface area contributed by atoms with E-state index >= 15 is 0 Å². The van der Waals surface area contributed by atoms with Crippen molar-refractivity contribution in [3.63, 3.8) is 0 Å². The van der Waals surface area contributed by atoms with E-state index in [4.69, 9.17) is 25.7 Å². The smallest absolute Gasteiger partial charge is 0.160 e. The van der Waals surface area contributed by atoms with E-state index in [1.807, 2.05) is 91.0 Å². The maximum Gasteiger partial charge on any atom is 0.160 e. The number of aromatic nitrogens is 4. The molecule has 61 heavy (non-hydrogen) atoms. The Morgan fingerprint density at radius 1 is 0.246 bits per heavy atom. The number of nitrogens with zero attached hydrogens (tertiary/aromatic N) is 4. The molecule has 2 N–H and O–H groups in total. The zero-order valence-electron chi connectivity index (χ0n) is 33.2. The van der Waals surface area contributed by atoms with Gasteiger partial charge in [0.25, 0.3) is 0 Å². The van der Waals surface area contributed by atoms with Gasteiger partial charge in [0.15, 0.2) is 11.6 Å². The van der Waals surface area contributed by atoms with Crippen LogP contribution in [-0.4, -0.2) is 19.9 Å². The molecule has 288 valence electrons. The van der Waals surface area contributed by atoms with Gasteiger partial charge in [-0.15, -0.1) is 0 Å². The number of anilines is 1. The number of nitrogens with two attached hydrogens (primary N) is 1. The second-order valence-electron chi connectivity index (χ2n) is 14.9. The molecule has 10 aromatic rings. The highest BCUT2D eigenvalue weighted by Gasteiger charge is 2.19. The third-order valence-corrected chi connectivity index (χ3v) is 10.9. The molecular formula is C56H39N5. The first-order valence-electron chi connectivity index (χ1n) is 20.3. The summed E-state index contributed by atoms with van der Waals surface area (Å²) in [6, 6.07) is 76.9. The quantitative estimate of drug-likeness (QED) is 0.148. The Morgan fingerprint density at radius 3 is 1.10 bits per heavy atom. The van der Waals surface area contributed by atoms with Crippen LogP contribution in [-0.2, 0) is 0 Å². The fraction of sp³-hybridized carbons (Fsp3) is 0. The van der Waals surface area contributed by atoms with Gasteiger partial charge in [-0.1, -0.05) is 194 Å². The van der Waals surface area contributed by atoms with Crippen molar-refractivity contribution in [2.45, 2.75) is 0 Å². The van der Waals surface area contributed by atoms with E-state index in [1.54, 1.807) is 0 Å². The summed E-state index contributed by atoms with van der Waals surface area (Å²) in [5, 5.41) is 0. The van der Waals surface area contributed by atoms with Crippen LogP contribution < -0.4 is 5.73 Å². The lowest BCUT2D eigenvalue weighted by atomic mass is 9.86. The summed E-state index contributed by atoms with van der Waals surface area (Å²) >= 11 is 0. The van der Waals surface area contributed by atoms with Gasteiger partial charge in [0.05, 0.1) is 22.8 Å². The lowest BCUT2D eigenvalue weighted by Gasteiger charge is -2.19. The Kier molecular flexibility index (Phi) is 10.0. The first-order valence-corrected chi connectivity index (χ1v) is 20.3. The van der Waals surface area contributed by atoms with Crippen LogP contribution in [0.3, 0.4) is 0 Å². The molecule has 0 saturated heterocycles. The Bertz CT molecular complexity index is 3020. The molecule has 0 radical (unpaired) electrons. The van der Waals surface area contributed by atoms with Crippen molar-refractivity contribution in [3.05, 3.63) is 224 Å². The molecule has 0 aliphatic carbocycles. The minimum Gasteiger partial charge on any atom is -0.398 e. The fourth-order valence-electron chi connectivity index (χ4n) is 7.89. The number of para-hydroxylation sites is 1. The monoisotopic (exact) mass is 781 g/mol. The van der Waals surface area contributed by atoms with Crippen molar-refractivity contribution in [2.75, 3.05) is 5.73 Å². The number of nitrogen functional groups attached to an aromatic ring is 1. The van der Waals surface area contributed by atoms with Crippen LogP contribution in [0.4, 0.5) is 5.69 Å². The molecule has 0 atom stereocenters. The van der Waals surface area contributed by atoms with Gasteiger partial charge in [0.1, 0.15) is 0 Å². The molecule has 0 saturated carbocycles. The molecule has 0 aliphatic rings. The van der Waals surface area contributed by atoms with Crippen LogP contribution in [0.1, 0.15) is 0 Å². The molecule has 0 aliphatic heterocycles. The molecule has 5 heteroatoms. The van der Waals surface area contributed by atoms with Gasteiger partial charge < -0.3 is 5.73 Å². The van der Waals surface area contributed by atoms with Crippen LogP contribution in [0, 0.1) is 0 Å². The molecule has 0 spiro atoms. The normalized spacial score (nSPS) is 11.0. The van der Waals surface area contributed by atoms with Gasteiger partial charge in [-0.05, 0) is 58.1 Å². The summed E-state index contributed by atoms with van der Waals surface area (Å²) < 4.78 is 0. The van der Waals surface area contributed by atoms with Gasteiger partial charge >= 0.3 is 0 Å². The highest BCUT2D eigenvalue weighted by Crippen LogP contribution is 2.43. The number of hydrogen-bond acceptors (Lipinski definition) is 5. The van der Waals surface area contributed by atoms with Crippen molar-refractivity contribution in [2.24, 2.45) is 0 Å². The zero-order chi connectivity index (χ0) is 41.0. The molecule has 0 amide bonds. The molecule has 2 aromatic heterocycles. The SMILES string of the molecule is Nc1ccccc1-c1cccc(-c2cccc(-c3cc(-c4ccccc4)nc(-c4ccccc4)n3)c2)c1-c1cccc(-c2cc(-c3ccccc3)nc(-c3ccccc3)n2)c1. The van der Waals surface area contributed by atoms with Crippen molar-refractivity contribution >= 4 is 5.69 Å². The summed E-state index contributed by atoms with van der Waals surface area (Å²) in [5.41, 5.74) is 23.0. The molecule has 2 heterocycles.